The Labute approximate surface area is 119 Å². The molecule has 0 aliphatic carbocycles. The second kappa shape index (κ2) is 6.07. The third kappa shape index (κ3) is 3.48. The molecule has 0 saturated carbocycles. The molecule has 2 aromatic rings. The number of hydrogen-bond donors (Lipinski definition) is 2. The number of thiocarbonyl (C=S) groups is 1. The summed E-state index contributed by atoms with van der Waals surface area (Å²) in [5, 5.41) is 16.5. The van der Waals surface area contributed by atoms with Gasteiger partial charge in [-0.05, 0) is 36.5 Å². The molecule has 0 aromatic heterocycles. The van der Waals surface area contributed by atoms with Crippen molar-refractivity contribution in [3.8, 4) is 0 Å². The van der Waals surface area contributed by atoms with Crippen molar-refractivity contribution in [3.05, 3.63) is 64.5 Å². The van der Waals surface area contributed by atoms with Crippen molar-refractivity contribution in [2.75, 3.05) is 10.6 Å². The molecule has 0 heterocycles. The lowest BCUT2D eigenvalue weighted by Crippen LogP contribution is -2.19. The zero-order valence-corrected chi connectivity index (χ0v) is 11.0. The molecule has 0 bridgehead atoms. The Bertz CT molecular complexity index is 664. The van der Waals surface area contributed by atoms with Crippen LogP contribution in [0.25, 0.3) is 0 Å². The van der Waals surface area contributed by atoms with Crippen molar-refractivity contribution < 1.29 is 9.31 Å². The molecule has 7 heteroatoms. The molecule has 0 spiro atoms. The predicted octanol–water partition coefficient (Wildman–Crippen LogP) is 3.54. The van der Waals surface area contributed by atoms with Gasteiger partial charge in [-0.25, -0.2) is 4.39 Å². The second-order valence-corrected chi connectivity index (χ2v) is 4.27. The van der Waals surface area contributed by atoms with E-state index >= 15 is 0 Å². The summed E-state index contributed by atoms with van der Waals surface area (Å²) in [6.07, 6.45) is 0. The molecule has 0 atom stereocenters. The molecule has 2 N–H and O–H groups in total. The van der Waals surface area contributed by atoms with Gasteiger partial charge in [0, 0.05) is 11.8 Å². The fourth-order valence-corrected chi connectivity index (χ4v) is 1.82. The number of anilines is 2. The Morgan fingerprint density at radius 3 is 2.60 bits per heavy atom. The molecule has 0 aliphatic heterocycles. The fraction of sp³-hybridized carbons (Fsp3) is 0. The summed E-state index contributed by atoms with van der Waals surface area (Å²) in [6.45, 7) is 0. The van der Waals surface area contributed by atoms with E-state index in [4.69, 9.17) is 12.2 Å². The van der Waals surface area contributed by atoms with Crippen LogP contribution >= 0.6 is 12.2 Å². The Balaban J connectivity index is 2.11. The van der Waals surface area contributed by atoms with Gasteiger partial charge < -0.3 is 10.6 Å². The summed E-state index contributed by atoms with van der Waals surface area (Å²) in [5.74, 6) is -0.400. The van der Waals surface area contributed by atoms with E-state index in [0.29, 0.717) is 5.69 Å². The van der Waals surface area contributed by atoms with Crippen LogP contribution in [-0.2, 0) is 0 Å². The first-order chi connectivity index (χ1) is 9.56. The van der Waals surface area contributed by atoms with Crippen molar-refractivity contribution in [1.82, 2.24) is 0 Å². The van der Waals surface area contributed by atoms with Crippen LogP contribution in [0.3, 0.4) is 0 Å². The molecule has 0 fully saturated rings. The first-order valence-corrected chi connectivity index (χ1v) is 6.04. The number of rotatable bonds is 3. The SMILES string of the molecule is O=[N+]([O-])c1ccccc1NC(=S)Nc1cccc(F)c1. The lowest BCUT2D eigenvalue weighted by Gasteiger charge is -2.10. The van der Waals surface area contributed by atoms with Gasteiger partial charge in [0.25, 0.3) is 5.69 Å². The molecule has 20 heavy (non-hydrogen) atoms. The molecule has 5 nitrogen and oxygen atoms in total. The van der Waals surface area contributed by atoms with Crippen LogP contribution in [0, 0.1) is 15.9 Å². The third-order valence-electron chi connectivity index (χ3n) is 2.43. The molecular weight excluding hydrogens is 281 g/mol. The minimum Gasteiger partial charge on any atom is -0.332 e. The number of halogens is 1. The largest absolute Gasteiger partial charge is 0.332 e. The third-order valence-corrected chi connectivity index (χ3v) is 2.64. The topological polar surface area (TPSA) is 67.2 Å². The molecule has 0 amide bonds. The Morgan fingerprint density at radius 2 is 1.90 bits per heavy atom. The fourth-order valence-electron chi connectivity index (χ4n) is 1.59. The normalized spacial score (nSPS) is 9.85. The lowest BCUT2D eigenvalue weighted by atomic mass is 10.2. The number of para-hydroxylation sites is 2. The zero-order chi connectivity index (χ0) is 14.5. The number of nitrogens with zero attached hydrogens (tertiary/aromatic N) is 1. The summed E-state index contributed by atoms with van der Waals surface area (Å²) in [6, 6.07) is 11.9. The van der Waals surface area contributed by atoms with Crippen LogP contribution in [0.15, 0.2) is 48.5 Å². The van der Waals surface area contributed by atoms with E-state index in [-0.39, 0.29) is 16.5 Å². The van der Waals surface area contributed by atoms with Crippen LogP contribution in [0.1, 0.15) is 0 Å². The van der Waals surface area contributed by atoms with Gasteiger partial charge in [-0.1, -0.05) is 18.2 Å². The quantitative estimate of drug-likeness (QED) is 0.514. The van der Waals surface area contributed by atoms with Crippen molar-refractivity contribution in [3.63, 3.8) is 0 Å². The van der Waals surface area contributed by atoms with E-state index in [2.05, 4.69) is 10.6 Å². The first kappa shape index (κ1) is 13.9. The Kier molecular flexibility index (Phi) is 4.21. The maximum absolute atomic E-state index is 13.0. The lowest BCUT2D eigenvalue weighted by molar-refractivity contribution is -0.383. The Hall–Kier alpha value is -2.54. The van der Waals surface area contributed by atoms with Crippen molar-refractivity contribution in [1.29, 1.82) is 0 Å². The smallest absolute Gasteiger partial charge is 0.292 e. The van der Waals surface area contributed by atoms with Gasteiger partial charge in [0.05, 0.1) is 4.92 Å². The summed E-state index contributed by atoms with van der Waals surface area (Å²) >= 11 is 5.04. The molecule has 0 aliphatic rings. The number of hydrogen-bond acceptors (Lipinski definition) is 3. The van der Waals surface area contributed by atoms with Crippen LogP contribution in [0.5, 0.6) is 0 Å². The van der Waals surface area contributed by atoms with Gasteiger partial charge in [0.2, 0.25) is 0 Å². The van der Waals surface area contributed by atoms with Gasteiger partial charge in [0.1, 0.15) is 11.5 Å². The number of nitro groups is 1. The van der Waals surface area contributed by atoms with Gasteiger partial charge >= 0.3 is 0 Å². The van der Waals surface area contributed by atoms with Gasteiger partial charge in [-0.15, -0.1) is 0 Å². The van der Waals surface area contributed by atoms with Crippen molar-refractivity contribution in [2.24, 2.45) is 0 Å². The zero-order valence-electron chi connectivity index (χ0n) is 10.2. The molecule has 0 saturated heterocycles. The number of benzene rings is 2. The maximum Gasteiger partial charge on any atom is 0.292 e. The average molecular weight is 291 g/mol. The highest BCUT2D eigenvalue weighted by Gasteiger charge is 2.13. The second-order valence-electron chi connectivity index (χ2n) is 3.86. The van der Waals surface area contributed by atoms with Gasteiger partial charge in [0.15, 0.2) is 5.11 Å². The molecule has 102 valence electrons. The van der Waals surface area contributed by atoms with Crippen LogP contribution < -0.4 is 10.6 Å². The summed E-state index contributed by atoms with van der Waals surface area (Å²) < 4.78 is 13.0. The van der Waals surface area contributed by atoms with E-state index in [0.717, 1.165) is 0 Å². The van der Waals surface area contributed by atoms with Gasteiger partial charge in [-0.3, -0.25) is 10.1 Å². The highest BCUT2D eigenvalue weighted by molar-refractivity contribution is 7.80. The minimum atomic E-state index is -0.507. The average Bonchev–Trinajstić information content (AvgIpc) is 2.38. The van der Waals surface area contributed by atoms with Crippen LogP contribution in [0.4, 0.5) is 21.5 Å². The summed E-state index contributed by atoms with van der Waals surface area (Å²) in [5.41, 5.74) is 0.642. The highest BCUT2D eigenvalue weighted by atomic mass is 32.1. The molecule has 0 unspecified atom stereocenters. The minimum absolute atomic E-state index is 0.0871. The maximum atomic E-state index is 13.0. The van der Waals surface area contributed by atoms with Crippen LogP contribution in [-0.4, -0.2) is 10.0 Å². The summed E-state index contributed by atoms with van der Waals surface area (Å²) in [7, 11) is 0. The standard InChI is InChI=1S/C13H10FN3O2S/c14-9-4-3-5-10(8-9)15-13(20)16-11-6-1-2-7-12(11)17(18)19/h1-8H,(H2,15,16,20). The van der Waals surface area contributed by atoms with E-state index in [1.165, 1.54) is 30.3 Å². The first-order valence-electron chi connectivity index (χ1n) is 5.63. The van der Waals surface area contributed by atoms with Crippen molar-refractivity contribution in [2.45, 2.75) is 0 Å². The molecule has 0 radical (unpaired) electrons. The van der Waals surface area contributed by atoms with E-state index in [9.17, 15) is 14.5 Å². The molecule has 2 aromatic carbocycles. The number of nitrogens with one attached hydrogen (secondary N) is 2. The van der Waals surface area contributed by atoms with Crippen LogP contribution in [0.2, 0.25) is 0 Å². The molecular formula is C13H10FN3O2S. The monoisotopic (exact) mass is 291 g/mol. The van der Waals surface area contributed by atoms with Crippen molar-refractivity contribution >= 4 is 34.4 Å². The van der Waals surface area contributed by atoms with E-state index in [1.54, 1.807) is 18.2 Å². The predicted molar refractivity (Wildman–Crippen MR) is 79.3 cm³/mol. The highest BCUT2D eigenvalue weighted by Crippen LogP contribution is 2.23. The molecule has 2 rings (SSSR count). The summed E-state index contributed by atoms with van der Waals surface area (Å²) in [4.78, 5) is 10.4. The van der Waals surface area contributed by atoms with E-state index < -0.39 is 10.7 Å². The van der Waals surface area contributed by atoms with E-state index in [1.807, 2.05) is 0 Å². The Morgan fingerprint density at radius 1 is 1.15 bits per heavy atom. The van der Waals surface area contributed by atoms with Gasteiger partial charge in [-0.2, -0.15) is 0 Å². The number of nitro benzene ring substituents is 1.